The third kappa shape index (κ3) is 4.72. The van der Waals surface area contributed by atoms with Gasteiger partial charge in [0.15, 0.2) is 5.82 Å². The summed E-state index contributed by atoms with van der Waals surface area (Å²) in [6.45, 7) is 5.22. The van der Waals surface area contributed by atoms with Crippen molar-refractivity contribution in [1.29, 1.82) is 0 Å². The number of hydrogen-bond donors (Lipinski definition) is 2. The van der Waals surface area contributed by atoms with Crippen LogP contribution < -0.4 is 15.0 Å². The van der Waals surface area contributed by atoms with Crippen LogP contribution in [0.25, 0.3) is 22.1 Å². The first-order chi connectivity index (χ1) is 18.9. The van der Waals surface area contributed by atoms with E-state index in [1.54, 1.807) is 12.5 Å². The highest BCUT2D eigenvalue weighted by molar-refractivity contribution is 5.87. The Morgan fingerprint density at radius 1 is 1.08 bits per heavy atom. The minimum absolute atomic E-state index is 0.0677. The third-order valence-electron chi connectivity index (χ3n) is 6.88. The summed E-state index contributed by atoms with van der Waals surface area (Å²) >= 11 is 0. The van der Waals surface area contributed by atoms with Crippen molar-refractivity contribution in [2.24, 2.45) is 7.05 Å². The zero-order valence-corrected chi connectivity index (χ0v) is 21.7. The van der Waals surface area contributed by atoms with Gasteiger partial charge < -0.3 is 29.5 Å². The van der Waals surface area contributed by atoms with E-state index < -0.39 is 6.09 Å². The molecule has 1 amide bonds. The molecule has 0 spiro atoms. The number of carbonyl (C=O) groups is 1. The van der Waals surface area contributed by atoms with Crippen molar-refractivity contribution in [2.75, 3.05) is 29.9 Å². The van der Waals surface area contributed by atoms with Gasteiger partial charge in [-0.15, -0.1) is 0 Å². The molecule has 12 heteroatoms. The Hall–Kier alpha value is -5.00. The zero-order valence-electron chi connectivity index (χ0n) is 21.7. The van der Waals surface area contributed by atoms with E-state index in [0.29, 0.717) is 42.4 Å². The quantitative estimate of drug-likeness (QED) is 0.341. The molecule has 0 bridgehead atoms. The molecule has 1 saturated heterocycles. The summed E-state index contributed by atoms with van der Waals surface area (Å²) in [6, 6.07) is 11.6. The molecule has 1 aliphatic heterocycles. The van der Waals surface area contributed by atoms with E-state index in [1.165, 1.54) is 11.2 Å². The average molecular weight is 526 g/mol. The number of ether oxygens (including phenoxy) is 1. The number of anilines is 3. The zero-order chi connectivity index (χ0) is 27.1. The van der Waals surface area contributed by atoms with Crippen molar-refractivity contribution >= 4 is 45.6 Å². The first kappa shape index (κ1) is 24.3. The highest BCUT2D eigenvalue weighted by Gasteiger charge is 2.28. The van der Waals surface area contributed by atoms with E-state index in [-0.39, 0.29) is 6.04 Å². The molecule has 4 heterocycles. The van der Waals surface area contributed by atoms with Gasteiger partial charge in [0.2, 0.25) is 5.95 Å². The molecule has 1 aliphatic rings. The normalized spacial score (nSPS) is 15.6. The van der Waals surface area contributed by atoms with Crippen molar-refractivity contribution in [3.63, 3.8) is 0 Å². The topological polar surface area (TPSA) is 134 Å². The summed E-state index contributed by atoms with van der Waals surface area (Å²) in [7, 11) is 1.96. The molecule has 5 aromatic rings. The number of hydrogen-bond acceptors (Lipinski definition) is 9. The Morgan fingerprint density at radius 2 is 1.95 bits per heavy atom. The van der Waals surface area contributed by atoms with Crippen LogP contribution in [0.1, 0.15) is 12.5 Å². The number of benzene rings is 2. The van der Waals surface area contributed by atoms with Crippen LogP contribution in [0, 0.1) is 6.92 Å². The van der Waals surface area contributed by atoms with Gasteiger partial charge in [0.1, 0.15) is 28.9 Å². The Morgan fingerprint density at radius 3 is 2.74 bits per heavy atom. The van der Waals surface area contributed by atoms with Crippen molar-refractivity contribution in [3.05, 3.63) is 60.8 Å². The Labute approximate surface area is 223 Å². The summed E-state index contributed by atoms with van der Waals surface area (Å²) < 4.78 is 8.12. The number of piperazine rings is 1. The molecule has 0 saturated carbocycles. The lowest BCUT2D eigenvalue weighted by Gasteiger charge is -2.38. The van der Waals surface area contributed by atoms with Gasteiger partial charge in [0, 0.05) is 44.5 Å². The molecule has 3 aromatic heterocycles. The predicted octanol–water partition coefficient (Wildman–Crippen LogP) is 4.34. The second-order valence-corrected chi connectivity index (χ2v) is 9.61. The summed E-state index contributed by atoms with van der Waals surface area (Å²) in [5, 5.41) is 12.7. The van der Waals surface area contributed by atoms with Crippen LogP contribution in [0.5, 0.6) is 11.5 Å². The summed E-state index contributed by atoms with van der Waals surface area (Å²) in [6.07, 6.45) is 4.01. The van der Waals surface area contributed by atoms with E-state index in [2.05, 4.69) is 25.3 Å². The van der Waals surface area contributed by atoms with E-state index in [1.807, 2.05) is 66.8 Å². The SMILES string of the molecule is Cc1cc(Nc2ncnc3cnc(N4CCN(C(=O)O)C[C@@H]4C)nc23)ccc1Oc1ccc2c(c1)ncn2C. The maximum atomic E-state index is 11.4. The molecule has 39 heavy (non-hydrogen) atoms. The average Bonchev–Trinajstić information content (AvgIpc) is 3.30. The molecule has 0 unspecified atom stereocenters. The van der Waals surface area contributed by atoms with Gasteiger partial charge in [0.25, 0.3) is 0 Å². The first-order valence-electron chi connectivity index (χ1n) is 12.5. The summed E-state index contributed by atoms with van der Waals surface area (Å²) in [5.74, 6) is 2.52. The fraction of sp³-hybridized carbons (Fsp3) is 0.259. The number of imidazole rings is 1. The summed E-state index contributed by atoms with van der Waals surface area (Å²) in [5.41, 5.74) is 4.87. The van der Waals surface area contributed by atoms with Gasteiger partial charge in [-0.25, -0.2) is 29.7 Å². The number of nitrogens with one attached hydrogen (secondary N) is 1. The van der Waals surface area contributed by atoms with Gasteiger partial charge in [-0.2, -0.15) is 0 Å². The number of rotatable bonds is 5. The van der Waals surface area contributed by atoms with E-state index >= 15 is 0 Å². The second kappa shape index (κ2) is 9.71. The number of aryl methyl sites for hydroxylation is 2. The lowest BCUT2D eigenvalue weighted by molar-refractivity contribution is 0.136. The largest absolute Gasteiger partial charge is 0.465 e. The maximum absolute atomic E-state index is 11.4. The van der Waals surface area contributed by atoms with Crippen molar-refractivity contribution in [3.8, 4) is 11.5 Å². The fourth-order valence-electron chi connectivity index (χ4n) is 4.79. The van der Waals surface area contributed by atoms with E-state index in [0.717, 1.165) is 33.8 Å². The predicted molar refractivity (Wildman–Crippen MR) is 147 cm³/mol. The van der Waals surface area contributed by atoms with Crippen LogP contribution >= 0.6 is 0 Å². The monoisotopic (exact) mass is 525 g/mol. The molecule has 0 aliphatic carbocycles. The van der Waals surface area contributed by atoms with Crippen LogP contribution in [-0.2, 0) is 7.05 Å². The number of nitrogens with zero attached hydrogens (tertiary/aromatic N) is 8. The van der Waals surface area contributed by atoms with Crippen LogP contribution in [0.2, 0.25) is 0 Å². The van der Waals surface area contributed by atoms with Gasteiger partial charge in [-0.3, -0.25) is 0 Å². The number of carboxylic acid groups (broad SMARTS) is 1. The van der Waals surface area contributed by atoms with Gasteiger partial charge in [-0.1, -0.05) is 0 Å². The molecule has 6 rings (SSSR count). The molecule has 1 atom stereocenters. The molecule has 2 N–H and O–H groups in total. The minimum Gasteiger partial charge on any atom is -0.465 e. The molecule has 2 aromatic carbocycles. The lowest BCUT2D eigenvalue weighted by atomic mass is 10.2. The molecular formula is C27H27N9O3. The molecule has 198 valence electrons. The Balaban J connectivity index is 1.23. The Bertz CT molecular complexity index is 1700. The van der Waals surface area contributed by atoms with Gasteiger partial charge in [0.05, 0.1) is 23.6 Å². The number of amides is 1. The molecule has 1 fully saturated rings. The minimum atomic E-state index is -0.915. The Kier molecular flexibility index (Phi) is 6.06. The standard InChI is InChI=1S/C27H27N9O3/c1-16-10-18(4-7-23(16)39-19-5-6-22-20(11-19)31-15-34(22)3)32-25-24-21(29-14-30-25)12-28-26(33-24)36-9-8-35(27(37)38)13-17(36)2/h4-7,10-12,14-15,17H,8-9,13H2,1-3H3,(H,37,38)(H,29,30,32)/t17-/m0/s1. The van der Waals surface area contributed by atoms with Gasteiger partial charge in [-0.05, 0) is 49.7 Å². The highest BCUT2D eigenvalue weighted by atomic mass is 16.5. The number of fused-ring (bicyclic) bond motifs is 2. The van der Waals surface area contributed by atoms with E-state index in [9.17, 15) is 9.90 Å². The van der Waals surface area contributed by atoms with Crippen LogP contribution in [0.4, 0.5) is 22.2 Å². The summed E-state index contributed by atoms with van der Waals surface area (Å²) in [4.78, 5) is 37.2. The van der Waals surface area contributed by atoms with Crippen LogP contribution in [0.15, 0.2) is 55.2 Å². The maximum Gasteiger partial charge on any atom is 0.407 e. The van der Waals surface area contributed by atoms with Gasteiger partial charge >= 0.3 is 6.09 Å². The number of aromatic nitrogens is 6. The second-order valence-electron chi connectivity index (χ2n) is 9.61. The third-order valence-corrected chi connectivity index (χ3v) is 6.88. The molecular weight excluding hydrogens is 498 g/mol. The van der Waals surface area contributed by atoms with E-state index in [4.69, 9.17) is 9.72 Å². The van der Waals surface area contributed by atoms with Crippen molar-refractivity contribution in [1.82, 2.24) is 34.4 Å². The molecule has 12 nitrogen and oxygen atoms in total. The highest BCUT2D eigenvalue weighted by Crippen LogP contribution is 2.31. The molecule has 0 radical (unpaired) electrons. The fourth-order valence-corrected chi connectivity index (χ4v) is 4.79. The van der Waals surface area contributed by atoms with Crippen LogP contribution in [-0.4, -0.2) is 71.3 Å². The van der Waals surface area contributed by atoms with Crippen molar-refractivity contribution < 1.29 is 14.6 Å². The van der Waals surface area contributed by atoms with Crippen molar-refractivity contribution in [2.45, 2.75) is 19.9 Å². The van der Waals surface area contributed by atoms with Crippen LogP contribution in [0.3, 0.4) is 0 Å². The lowest BCUT2D eigenvalue weighted by Crippen LogP contribution is -2.54. The first-order valence-corrected chi connectivity index (χ1v) is 12.5. The smallest absolute Gasteiger partial charge is 0.407 e.